The second-order valence-corrected chi connectivity index (χ2v) is 7.47. The number of nitrogens with one attached hydrogen (secondary N) is 1. The van der Waals surface area contributed by atoms with E-state index in [9.17, 15) is 22.6 Å². The van der Waals surface area contributed by atoms with Gasteiger partial charge in [-0.1, -0.05) is 32.9 Å². The Morgan fingerprint density at radius 1 is 1.26 bits per heavy atom. The van der Waals surface area contributed by atoms with E-state index in [-0.39, 0.29) is 18.1 Å². The van der Waals surface area contributed by atoms with Gasteiger partial charge < -0.3 is 10.1 Å². The molecule has 0 radical (unpaired) electrons. The summed E-state index contributed by atoms with van der Waals surface area (Å²) in [5.74, 6) is -2.11. The smallest absolute Gasteiger partial charge is 0.296 e. The van der Waals surface area contributed by atoms with E-state index >= 15 is 0 Å². The maximum Gasteiger partial charge on any atom is 0.296 e. The van der Waals surface area contributed by atoms with Crippen molar-refractivity contribution in [3.8, 4) is 0 Å². The summed E-state index contributed by atoms with van der Waals surface area (Å²) in [4.78, 5) is 24.3. The molecule has 0 bridgehead atoms. The van der Waals surface area contributed by atoms with Crippen LogP contribution in [-0.4, -0.2) is 38.4 Å². The molecule has 1 rings (SSSR count). The van der Waals surface area contributed by atoms with Crippen LogP contribution in [0.1, 0.15) is 20.8 Å². The zero-order valence-corrected chi connectivity index (χ0v) is 14.3. The molecule has 1 unspecified atom stereocenters. The Morgan fingerprint density at radius 3 is 2.30 bits per heavy atom. The monoisotopic (exact) mass is 343 g/mol. The minimum atomic E-state index is -4.50. The minimum Gasteiger partial charge on any atom is -0.383 e. The van der Waals surface area contributed by atoms with Crippen LogP contribution in [0.3, 0.4) is 0 Å². The molecule has 0 saturated carbocycles. The average molecular weight is 343 g/mol. The molecular weight excluding hydrogens is 322 g/mol. The van der Waals surface area contributed by atoms with Gasteiger partial charge in [0.15, 0.2) is 5.78 Å². The third kappa shape index (κ3) is 5.12. The Hall–Kier alpha value is -1.77. The standard InChI is InChI=1S/C15H21NO6S/c1-15(2,3)13(17)10(9-22-4)14(18)16-11-7-5-6-8-12(11)23(19,20)21/h5-8,10H,9H2,1-4H3,(H,16,18)(H,19,20,21). The number of amides is 1. The van der Waals surface area contributed by atoms with Crippen molar-refractivity contribution >= 4 is 27.5 Å². The Balaban J connectivity index is 3.13. The lowest BCUT2D eigenvalue weighted by Crippen LogP contribution is -2.39. The van der Waals surface area contributed by atoms with E-state index in [1.54, 1.807) is 20.8 Å². The summed E-state index contributed by atoms with van der Waals surface area (Å²) in [5, 5.41) is 2.38. The maximum atomic E-state index is 12.4. The SMILES string of the molecule is COCC(C(=O)Nc1ccccc1S(=O)(=O)O)C(=O)C(C)(C)C. The molecular formula is C15H21NO6S. The molecule has 0 aliphatic rings. The van der Waals surface area contributed by atoms with Crippen LogP contribution in [-0.2, 0) is 24.4 Å². The number of rotatable bonds is 6. The van der Waals surface area contributed by atoms with Crippen LogP contribution >= 0.6 is 0 Å². The van der Waals surface area contributed by atoms with Crippen LogP contribution in [0.25, 0.3) is 0 Å². The molecule has 0 aromatic heterocycles. The van der Waals surface area contributed by atoms with Crippen molar-refractivity contribution in [2.45, 2.75) is 25.7 Å². The molecule has 8 heteroatoms. The lowest BCUT2D eigenvalue weighted by atomic mass is 9.83. The van der Waals surface area contributed by atoms with Crippen LogP contribution in [0.15, 0.2) is 29.2 Å². The summed E-state index contributed by atoms with van der Waals surface area (Å²) in [6.07, 6.45) is 0. The first-order valence-electron chi connectivity index (χ1n) is 6.89. The molecule has 2 N–H and O–H groups in total. The van der Waals surface area contributed by atoms with Gasteiger partial charge in [-0.3, -0.25) is 14.1 Å². The summed E-state index contributed by atoms with van der Waals surface area (Å²) in [5.41, 5.74) is -0.855. The van der Waals surface area contributed by atoms with Crippen LogP contribution in [0, 0.1) is 11.3 Å². The number of methoxy groups -OCH3 is 1. The molecule has 0 fully saturated rings. The predicted molar refractivity (Wildman–Crippen MR) is 84.7 cm³/mol. The lowest BCUT2D eigenvalue weighted by Gasteiger charge is -2.23. The van der Waals surface area contributed by atoms with Gasteiger partial charge in [0.05, 0.1) is 12.3 Å². The van der Waals surface area contributed by atoms with Gasteiger partial charge in [-0.25, -0.2) is 0 Å². The molecule has 7 nitrogen and oxygen atoms in total. The first-order valence-corrected chi connectivity index (χ1v) is 8.33. The van der Waals surface area contributed by atoms with E-state index in [1.165, 1.54) is 25.3 Å². The van der Waals surface area contributed by atoms with Gasteiger partial charge in [-0.15, -0.1) is 0 Å². The van der Waals surface area contributed by atoms with Crippen molar-refractivity contribution in [2.75, 3.05) is 19.0 Å². The Labute approximate surface area is 135 Å². The van der Waals surface area contributed by atoms with Gasteiger partial charge in [0.25, 0.3) is 10.1 Å². The fourth-order valence-electron chi connectivity index (χ4n) is 1.97. The third-order valence-corrected chi connectivity index (χ3v) is 4.04. The molecule has 0 heterocycles. The normalized spacial score (nSPS) is 13.4. The van der Waals surface area contributed by atoms with Crippen molar-refractivity contribution in [3.05, 3.63) is 24.3 Å². The first kappa shape index (κ1) is 19.3. The molecule has 1 amide bonds. The molecule has 1 atom stereocenters. The number of hydrogen-bond donors (Lipinski definition) is 2. The number of para-hydroxylation sites is 1. The highest BCUT2D eigenvalue weighted by molar-refractivity contribution is 7.86. The van der Waals surface area contributed by atoms with Gasteiger partial charge in [0, 0.05) is 12.5 Å². The van der Waals surface area contributed by atoms with Gasteiger partial charge in [0.1, 0.15) is 10.8 Å². The predicted octanol–water partition coefficient (Wildman–Crippen LogP) is 1.75. The molecule has 128 valence electrons. The van der Waals surface area contributed by atoms with E-state index in [1.807, 2.05) is 0 Å². The summed E-state index contributed by atoms with van der Waals surface area (Å²) >= 11 is 0. The Morgan fingerprint density at radius 2 is 1.83 bits per heavy atom. The van der Waals surface area contributed by atoms with Crippen LogP contribution in [0.5, 0.6) is 0 Å². The van der Waals surface area contributed by atoms with Crippen molar-refractivity contribution in [1.29, 1.82) is 0 Å². The second kappa shape index (κ2) is 7.20. The van der Waals surface area contributed by atoms with E-state index in [0.29, 0.717) is 0 Å². The molecule has 1 aromatic rings. The Kier molecular flexibility index (Phi) is 6.04. The third-order valence-electron chi connectivity index (χ3n) is 3.13. The highest BCUT2D eigenvalue weighted by Gasteiger charge is 2.35. The zero-order chi connectivity index (χ0) is 17.8. The summed E-state index contributed by atoms with van der Waals surface area (Å²) in [6, 6.07) is 5.39. The number of carbonyl (C=O) groups excluding carboxylic acids is 2. The molecule has 0 spiro atoms. The fraction of sp³-hybridized carbons (Fsp3) is 0.467. The number of benzene rings is 1. The van der Waals surface area contributed by atoms with Crippen LogP contribution < -0.4 is 5.32 Å². The van der Waals surface area contributed by atoms with Gasteiger partial charge in [0.2, 0.25) is 5.91 Å². The maximum absolute atomic E-state index is 12.4. The highest BCUT2D eigenvalue weighted by atomic mass is 32.2. The van der Waals surface area contributed by atoms with Crippen molar-refractivity contribution in [1.82, 2.24) is 0 Å². The average Bonchev–Trinajstić information content (AvgIpc) is 2.42. The number of ketones is 1. The number of ether oxygens (including phenoxy) is 1. The van der Waals surface area contributed by atoms with Gasteiger partial charge in [-0.2, -0.15) is 8.42 Å². The summed E-state index contributed by atoms with van der Waals surface area (Å²) in [7, 11) is -3.13. The van der Waals surface area contributed by atoms with Crippen molar-refractivity contribution < 1.29 is 27.3 Å². The molecule has 0 aliphatic carbocycles. The number of hydrogen-bond acceptors (Lipinski definition) is 5. The van der Waals surface area contributed by atoms with Crippen LogP contribution in [0.4, 0.5) is 5.69 Å². The summed E-state index contributed by atoms with van der Waals surface area (Å²) < 4.78 is 36.8. The van der Waals surface area contributed by atoms with E-state index in [4.69, 9.17) is 4.74 Å². The van der Waals surface area contributed by atoms with E-state index in [2.05, 4.69) is 5.32 Å². The Bertz CT molecular complexity index is 690. The summed E-state index contributed by atoms with van der Waals surface area (Å²) in [6.45, 7) is 4.90. The second-order valence-electron chi connectivity index (χ2n) is 6.08. The van der Waals surface area contributed by atoms with Crippen LogP contribution in [0.2, 0.25) is 0 Å². The minimum absolute atomic E-state index is 0.0946. The molecule has 0 aliphatic heterocycles. The molecule has 0 saturated heterocycles. The van der Waals surface area contributed by atoms with Crippen molar-refractivity contribution in [2.24, 2.45) is 11.3 Å². The molecule has 1 aromatic carbocycles. The van der Waals surface area contributed by atoms with E-state index < -0.39 is 32.3 Å². The number of anilines is 1. The number of carbonyl (C=O) groups is 2. The topological polar surface area (TPSA) is 110 Å². The largest absolute Gasteiger partial charge is 0.383 e. The lowest BCUT2D eigenvalue weighted by molar-refractivity contribution is -0.138. The quantitative estimate of drug-likeness (QED) is 0.601. The zero-order valence-electron chi connectivity index (χ0n) is 13.5. The fourth-order valence-corrected chi connectivity index (χ4v) is 2.62. The van der Waals surface area contributed by atoms with Crippen molar-refractivity contribution in [3.63, 3.8) is 0 Å². The first-order chi connectivity index (χ1) is 10.5. The number of Topliss-reactive ketones (excluding diaryl/α,β-unsaturated/α-hetero) is 1. The highest BCUT2D eigenvalue weighted by Crippen LogP contribution is 2.24. The van der Waals surface area contributed by atoms with Gasteiger partial charge in [-0.05, 0) is 12.1 Å². The van der Waals surface area contributed by atoms with E-state index in [0.717, 1.165) is 6.07 Å². The molecule has 23 heavy (non-hydrogen) atoms. The van der Waals surface area contributed by atoms with Gasteiger partial charge >= 0.3 is 0 Å².